The summed E-state index contributed by atoms with van der Waals surface area (Å²) < 4.78 is 33.7. The Balaban J connectivity index is 1.41. The first kappa shape index (κ1) is 21.8. The van der Waals surface area contributed by atoms with E-state index in [1.54, 1.807) is 42.2 Å². The molecule has 1 aliphatic heterocycles. The third kappa shape index (κ3) is 4.62. The molecule has 0 bridgehead atoms. The van der Waals surface area contributed by atoms with E-state index in [1.807, 2.05) is 0 Å². The Kier molecular flexibility index (Phi) is 6.07. The van der Waals surface area contributed by atoms with E-state index in [2.05, 4.69) is 4.98 Å². The SMILES string of the molecule is CC(Oc1cccc(Cl)c1)C(=O)N1CCN(S(=O)(=O)c2ccc3[nH]c(=O)sc3c2)CC1. The van der Waals surface area contributed by atoms with Crippen molar-refractivity contribution in [1.82, 2.24) is 14.2 Å². The highest BCUT2D eigenvalue weighted by atomic mass is 35.5. The van der Waals surface area contributed by atoms with Gasteiger partial charge in [-0.25, -0.2) is 8.42 Å². The molecule has 0 radical (unpaired) electrons. The van der Waals surface area contributed by atoms with Crippen molar-refractivity contribution in [3.8, 4) is 5.75 Å². The summed E-state index contributed by atoms with van der Waals surface area (Å²) in [5, 5.41) is 0.515. The molecule has 4 rings (SSSR count). The van der Waals surface area contributed by atoms with Gasteiger partial charge in [0.25, 0.3) is 5.91 Å². The van der Waals surface area contributed by atoms with Gasteiger partial charge in [0.15, 0.2) is 6.10 Å². The molecule has 1 N–H and O–H groups in total. The second kappa shape index (κ2) is 8.62. The Morgan fingerprint density at radius 3 is 2.61 bits per heavy atom. The summed E-state index contributed by atoms with van der Waals surface area (Å²) in [6.45, 7) is 2.55. The number of carbonyl (C=O) groups excluding carboxylic acids is 1. The molecular formula is C20H20ClN3O5S2. The third-order valence-electron chi connectivity index (χ3n) is 5.04. The van der Waals surface area contributed by atoms with Gasteiger partial charge >= 0.3 is 4.87 Å². The van der Waals surface area contributed by atoms with E-state index < -0.39 is 16.1 Å². The third-order valence-corrected chi connectivity index (χ3v) is 8.01. The summed E-state index contributed by atoms with van der Waals surface area (Å²) in [5.41, 5.74) is 0.609. The summed E-state index contributed by atoms with van der Waals surface area (Å²) >= 11 is 6.91. The van der Waals surface area contributed by atoms with Gasteiger partial charge in [0.2, 0.25) is 10.0 Å². The second-order valence-corrected chi connectivity index (χ2v) is 10.5. The number of amides is 1. The minimum atomic E-state index is -3.73. The molecule has 1 amide bonds. The first-order chi connectivity index (χ1) is 14.7. The number of piperazine rings is 1. The van der Waals surface area contributed by atoms with Crippen LogP contribution in [-0.4, -0.2) is 60.8 Å². The molecule has 164 valence electrons. The van der Waals surface area contributed by atoms with Crippen molar-refractivity contribution in [2.45, 2.75) is 17.9 Å². The lowest BCUT2D eigenvalue weighted by Gasteiger charge is -2.35. The number of aromatic amines is 1. The first-order valence-electron chi connectivity index (χ1n) is 9.58. The topological polar surface area (TPSA) is 99.8 Å². The van der Waals surface area contributed by atoms with Gasteiger partial charge in [-0.15, -0.1) is 0 Å². The van der Waals surface area contributed by atoms with Gasteiger partial charge < -0.3 is 14.6 Å². The highest BCUT2D eigenvalue weighted by Crippen LogP contribution is 2.24. The lowest BCUT2D eigenvalue weighted by molar-refractivity contribution is -0.139. The Bertz CT molecular complexity index is 1280. The first-order valence-corrected chi connectivity index (χ1v) is 12.2. The smallest absolute Gasteiger partial charge is 0.305 e. The van der Waals surface area contributed by atoms with Gasteiger partial charge in [0.05, 0.1) is 15.1 Å². The average molecular weight is 482 g/mol. The molecule has 2 heterocycles. The summed E-state index contributed by atoms with van der Waals surface area (Å²) in [5.74, 6) is 0.285. The van der Waals surface area contributed by atoms with Crippen LogP contribution in [0.3, 0.4) is 0 Å². The van der Waals surface area contributed by atoms with Crippen molar-refractivity contribution < 1.29 is 17.9 Å². The van der Waals surface area contributed by atoms with Crippen LogP contribution >= 0.6 is 22.9 Å². The second-order valence-electron chi connectivity index (χ2n) is 7.12. The fraction of sp³-hybridized carbons (Fsp3) is 0.300. The lowest BCUT2D eigenvalue weighted by Crippen LogP contribution is -2.53. The number of thiazole rings is 1. The zero-order valence-electron chi connectivity index (χ0n) is 16.6. The molecule has 3 aromatic rings. The minimum Gasteiger partial charge on any atom is -0.481 e. The summed E-state index contributed by atoms with van der Waals surface area (Å²) in [6, 6.07) is 11.4. The number of rotatable bonds is 5. The van der Waals surface area contributed by atoms with E-state index in [4.69, 9.17) is 16.3 Å². The molecular weight excluding hydrogens is 462 g/mol. The van der Waals surface area contributed by atoms with Crippen LogP contribution in [0.15, 0.2) is 52.2 Å². The fourth-order valence-corrected chi connectivity index (χ4v) is 5.92. The van der Waals surface area contributed by atoms with Crippen molar-refractivity contribution >= 4 is 49.1 Å². The summed E-state index contributed by atoms with van der Waals surface area (Å²) in [6.07, 6.45) is -0.722. The van der Waals surface area contributed by atoms with Crippen LogP contribution in [0.1, 0.15) is 6.92 Å². The number of benzene rings is 2. The molecule has 0 spiro atoms. The van der Waals surface area contributed by atoms with Crippen LogP contribution in [-0.2, 0) is 14.8 Å². The van der Waals surface area contributed by atoms with Gasteiger partial charge in [-0.05, 0) is 43.3 Å². The predicted octanol–water partition coefficient (Wildman–Crippen LogP) is 2.54. The van der Waals surface area contributed by atoms with Crippen molar-refractivity contribution in [2.24, 2.45) is 0 Å². The molecule has 1 atom stereocenters. The molecule has 8 nitrogen and oxygen atoms in total. The van der Waals surface area contributed by atoms with E-state index in [-0.39, 0.29) is 41.9 Å². The largest absolute Gasteiger partial charge is 0.481 e. The van der Waals surface area contributed by atoms with Crippen LogP contribution in [0.25, 0.3) is 10.2 Å². The average Bonchev–Trinajstić information content (AvgIpc) is 3.12. The molecule has 1 unspecified atom stereocenters. The van der Waals surface area contributed by atoms with E-state index in [0.29, 0.717) is 21.0 Å². The van der Waals surface area contributed by atoms with E-state index in [9.17, 15) is 18.0 Å². The van der Waals surface area contributed by atoms with Gasteiger partial charge in [0, 0.05) is 31.2 Å². The van der Waals surface area contributed by atoms with Gasteiger partial charge in [-0.3, -0.25) is 9.59 Å². The van der Waals surface area contributed by atoms with Crippen molar-refractivity contribution in [3.05, 3.63) is 57.2 Å². The fourth-order valence-electron chi connectivity index (χ4n) is 3.44. The molecule has 0 aliphatic carbocycles. The number of nitrogens with zero attached hydrogens (tertiary/aromatic N) is 2. The number of halogens is 1. The summed E-state index contributed by atoms with van der Waals surface area (Å²) in [7, 11) is -3.73. The minimum absolute atomic E-state index is 0.132. The molecule has 1 fully saturated rings. The Hall–Kier alpha value is -2.40. The van der Waals surface area contributed by atoms with Crippen LogP contribution < -0.4 is 9.61 Å². The number of fused-ring (bicyclic) bond motifs is 1. The Morgan fingerprint density at radius 1 is 1.16 bits per heavy atom. The standard InChI is InChI=1S/C20H20ClN3O5S2/c1-13(29-15-4-2-3-14(21)11-15)19(25)23-7-9-24(10-8-23)31(27,28)16-5-6-17-18(12-16)30-20(26)22-17/h2-6,11-13H,7-10H2,1H3,(H,22,26). The number of nitrogens with one attached hydrogen (secondary N) is 1. The maximum atomic E-state index is 13.0. The number of aromatic nitrogens is 1. The van der Waals surface area contributed by atoms with Gasteiger partial charge in [-0.2, -0.15) is 4.31 Å². The lowest BCUT2D eigenvalue weighted by atomic mass is 10.2. The van der Waals surface area contributed by atoms with Crippen molar-refractivity contribution in [2.75, 3.05) is 26.2 Å². The number of carbonyl (C=O) groups is 1. The molecule has 1 saturated heterocycles. The monoisotopic (exact) mass is 481 g/mol. The quantitative estimate of drug-likeness (QED) is 0.603. The van der Waals surface area contributed by atoms with Crippen molar-refractivity contribution in [3.63, 3.8) is 0 Å². The summed E-state index contributed by atoms with van der Waals surface area (Å²) in [4.78, 5) is 28.4. The predicted molar refractivity (Wildman–Crippen MR) is 119 cm³/mol. The number of H-pyrrole nitrogens is 1. The Morgan fingerprint density at radius 2 is 1.90 bits per heavy atom. The number of ether oxygens (including phenoxy) is 1. The zero-order chi connectivity index (χ0) is 22.2. The highest BCUT2D eigenvalue weighted by Gasteiger charge is 2.32. The number of hydrogen-bond acceptors (Lipinski definition) is 6. The molecule has 0 saturated carbocycles. The highest BCUT2D eigenvalue weighted by molar-refractivity contribution is 7.89. The van der Waals surface area contributed by atoms with Crippen LogP contribution in [0.2, 0.25) is 5.02 Å². The van der Waals surface area contributed by atoms with E-state index in [1.165, 1.54) is 16.4 Å². The normalized spacial score (nSPS) is 16.4. The van der Waals surface area contributed by atoms with Crippen molar-refractivity contribution in [1.29, 1.82) is 0 Å². The van der Waals surface area contributed by atoms with E-state index >= 15 is 0 Å². The maximum Gasteiger partial charge on any atom is 0.305 e. The van der Waals surface area contributed by atoms with Gasteiger partial charge in [0.1, 0.15) is 5.75 Å². The van der Waals surface area contributed by atoms with Crippen LogP contribution in [0, 0.1) is 0 Å². The molecule has 2 aromatic carbocycles. The molecule has 31 heavy (non-hydrogen) atoms. The molecule has 1 aliphatic rings. The van der Waals surface area contributed by atoms with Gasteiger partial charge in [-0.1, -0.05) is 29.0 Å². The maximum absolute atomic E-state index is 13.0. The van der Waals surface area contributed by atoms with E-state index in [0.717, 1.165) is 11.3 Å². The number of sulfonamides is 1. The number of hydrogen-bond donors (Lipinski definition) is 1. The van der Waals surface area contributed by atoms with Crippen LogP contribution in [0.4, 0.5) is 0 Å². The zero-order valence-corrected chi connectivity index (χ0v) is 19.0. The van der Waals surface area contributed by atoms with Crippen LogP contribution in [0.5, 0.6) is 5.75 Å². The molecule has 1 aromatic heterocycles. The Labute approximate surface area is 188 Å². The molecule has 11 heteroatoms.